The van der Waals surface area contributed by atoms with Crippen LogP contribution in [0.2, 0.25) is 0 Å². The van der Waals surface area contributed by atoms with Gasteiger partial charge in [0, 0.05) is 24.6 Å². The van der Waals surface area contributed by atoms with Crippen LogP contribution >= 0.6 is 35.3 Å². The van der Waals surface area contributed by atoms with Crippen LogP contribution < -0.4 is 10.6 Å². The number of hydrogen-bond donors (Lipinski definition) is 2. The zero-order chi connectivity index (χ0) is 15.5. The van der Waals surface area contributed by atoms with Crippen LogP contribution in [0.15, 0.2) is 4.99 Å². The highest BCUT2D eigenvalue weighted by molar-refractivity contribution is 14.0. The van der Waals surface area contributed by atoms with E-state index >= 15 is 0 Å². The van der Waals surface area contributed by atoms with E-state index in [0.29, 0.717) is 13.2 Å². The lowest BCUT2D eigenvalue weighted by molar-refractivity contribution is 0.136. The minimum Gasteiger partial charge on any atom is -0.380 e. The van der Waals surface area contributed by atoms with E-state index in [9.17, 15) is 0 Å². The third-order valence-electron chi connectivity index (χ3n) is 2.91. The van der Waals surface area contributed by atoms with Crippen LogP contribution in [-0.4, -0.2) is 37.2 Å². The van der Waals surface area contributed by atoms with Gasteiger partial charge in [-0.2, -0.15) is 0 Å². The summed E-state index contributed by atoms with van der Waals surface area (Å²) in [7, 11) is 0. The van der Waals surface area contributed by atoms with Crippen molar-refractivity contribution in [3.63, 3.8) is 0 Å². The van der Waals surface area contributed by atoms with Gasteiger partial charge in [-0.15, -0.1) is 35.3 Å². The van der Waals surface area contributed by atoms with E-state index in [1.54, 1.807) is 11.3 Å². The van der Waals surface area contributed by atoms with Crippen LogP contribution in [0.1, 0.15) is 42.3 Å². The zero-order valence-corrected chi connectivity index (χ0v) is 17.2. The maximum Gasteiger partial charge on any atom is 0.191 e. The molecule has 0 fully saturated rings. The van der Waals surface area contributed by atoms with Crippen molar-refractivity contribution in [2.24, 2.45) is 4.99 Å². The molecular weight excluding hydrogens is 411 g/mol. The van der Waals surface area contributed by atoms with Gasteiger partial charge in [-0.1, -0.05) is 13.3 Å². The topological polar surface area (TPSA) is 58.5 Å². The molecular formula is C15H29IN4OS. The molecule has 0 saturated carbocycles. The Balaban J connectivity index is 0.00000441. The van der Waals surface area contributed by atoms with Crippen molar-refractivity contribution in [1.29, 1.82) is 0 Å². The van der Waals surface area contributed by atoms with Gasteiger partial charge in [0.1, 0.15) is 0 Å². The molecule has 0 spiro atoms. The number of nitrogens with one attached hydrogen (secondary N) is 2. The molecule has 0 aliphatic carbocycles. The summed E-state index contributed by atoms with van der Waals surface area (Å²) in [6.07, 6.45) is 2.29. The third-order valence-corrected chi connectivity index (χ3v) is 3.96. The molecule has 0 amide bonds. The SMILES string of the molecule is CCCCOCCNC(=NCc1sc(C)nc1C)NCC.I. The van der Waals surface area contributed by atoms with Gasteiger partial charge in [0.05, 0.1) is 23.9 Å². The maximum absolute atomic E-state index is 5.53. The monoisotopic (exact) mass is 440 g/mol. The van der Waals surface area contributed by atoms with Crippen LogP contribution in [0, 0.1) is 13.8 Å². The number of aliphatic imine (C=N–C) groups is 1. The van der Waals surface area contributed by atoms with Crippen LogP contribution in [-0.2, 0) is 11.3 Å². The molecule has 7 heteroatoms. The van der Waals surface area contributed by atoms with Crippen LogP contribution in [0.4, 0.5) is 0 Å². The quantitative estimate of drug-likeness (QED) is 0.268. The Morgan fingerprint density at radius 1 is 1.23 bits per heavy atom. The predicted octanol–water partition coefficient (Wildman–Crippen LogP) is 3.25. The predicted molar refractivity (Wildman–Crippen MR) is 106 cm³/mol. The van der Waals surface area contributed by atoms with Crippen molar-refractivity contribution in [3.05, 3.63) is 15.6 Å². The molecule has 0 aliphatic rings. The number of aromatic nitrogens is 1. The van der Waals surface area contributed by atoms with Gasteiger partial charge in [-0.05, 0) is 27.2 Å². The molecule has 0 aliphatic heterocycles. The molecule has 0 bridgehead atoms. The molecule has 128 valence electrons. The van der Waals surface area contributed by atoms with Crippen molar-refractivity contribution in [2.45, 2.75) is 47.1 Å². The number of unbranched alkanes of at least 4 members (excludes halogenated alkanes) is 1. The minimum atomic E-state index is 0. The number of thiazole rings is 1. The van der Waals surface area contributed by atoms with Crippen LogP contribution in [0.5, 0.6) is 0 Å². The first-order valence-electron chi connectivity index (χ1n) is 7.70. The summed E-state index contributed by atoms with van der Waals surface area (Å²) in [5, 5.41) is 7.64. The van der Waals surface area contributed by atoms with E-state index < -0.39 is 0 Å². The Morgan fingerprint density at radius 3 is 2.59 bits per heavy atom. The largest absolute Gasteiger partial charge is 0.380 e. The standard InChI is InChI=1S/C15H28N4OS.HI/c1-5-7-9-20-10-8-17-15(16-6-2)18-11-14-12(3)19-13(4)21-14;/h5-11H2,1-4H3,(H2,16,17,18);1H. The van der Waals surface area contributed by atoms with Crippen molar-refractivity contribution in [2.75, 3.05) is 26.3 Å². The minimum absolute atomic E-state index is 0. The van der Waals surface area contributed by atoms with Crippen LogP contribution in [0.25, 0.3) is 0 Å². The Labute approximate surface area is 155 Å². The summed E-state index contributed by atoms with van der Waals surface area (Å²) in [5.74, 6) is 0.835. The van der Waals surface area contributed by atoms with Gasteiger partial charge < -0.3 is 15.4 Å². The van der Waals surface area contributed by atoms with E-state index in [0.717, 1.165) is 42.8 Å². The Morgan fingerprint density at radius 2 is 2.00 bits per heavy atom. The molecule has 0 unspecified atom stereocenters. The van der Waals surface area contributed by atoms with Crippen molar-refractivity contribution in [1.82, 2.24) is 15.6 Å². The number of rotatable bonds is 9. The number of guanidine groups is 1. The molecule has 22 heavy (non-hydrogen) atoms. The van der Waals surface area contributed by atoms with Crippen molar-refractivity contribution < 1.29 is 4.74 Å². The van der Waals surface area contributed by atoms with E-state index in [-0.39, 0.29) is 24.0 Å². The number of ether oxygens (including phenoxy) is 1. The second kappa shape index (κ2) is 13.1. The highest BCUT2D eigenvalue weighted by Gasteiger charge is 2.04. The molecule has 0 aromatic carbocycles. The second-order valence-electron chi connectivity index (χ2n) is 4.83. The average Bonchev–Trinajstić information content (AvgIpc) is 2.78. The third kappa shape index (κ3) is 8.89. The zero-order valence-electron chi connectivity index (χ0n) is 14.1. The Hall–Kier alpha value is -0.410. The second-order valence-corrected chi connectivity index (χ2v) is 6.12. The number of hydrogen-bond acceptors (Lipinski definition) is 4. The maximum atomic E-state index is 5.53. The molecule has 5 nitrogen and oxygen atoms in total. The molecule has 0 atom stereocenters. The molecule has 1 aromatic heterocycles. The lowest BCUT2D eigenvalue weighted by Gasteiger charge is -2.11. The van der Waals surface area contributed by atoms with E-state index in [4.69, 9.17) is 4.74 Å². The summed E-state index contributed by atoms with van der Waals surface area (Å²) in [5.41, 5.74) is 1.08. The smallest absolute Gasteiger partial charge is 0.191 e. The van der Waals surface area contributed by atoms with E-state index in [1.807, 2.05) is 13.8 Å². The van der Waals surface area contributed by atoms with Crippen molar-refractivity contribution >= 4 is 41.3 Å². The van der Waals surface area contributed by atoms with Gasteiger partial charge >= 0.3 is 0 Å². The van der Waals surface area contributed by atoms with E-state index in [1.165, 1.54) is 11.3 Å². The molecule has 0 radical (unpaired) electrons. The fraction of sp³-hybridized carbons (Fsp3) is 0.733. The normalized spacial score (nSPS) is 11.2. The molecule has 1 rings (SSSR count). The fourth-order valence-electron chi connectivity index (χ4n) is 1.80. The summed E-state index contributed by atoms with van der Waals surface area (Å²) < 4.78 is 5.53. The van der Waals surface area contributed by atoms with Gasteiger partial charge in [0.2, 0.25) is 0 Å². The van der Waals surface area contributed by atoms with E-state index in [2.05, 4.69) is 34.5 Å². The summed E-state index contributed by atoms with van der Waals surface area (Å²) in [4.78, 5) is 10.3. The highest BCUT2D eigenvalue weighted by Crippen LogP contribution is 2.17. The first-order valence-corrected chi connectivity index (χ1v) is 8.51. The fourth-order valence-corrected chi connectivity index (χ4v) is 2.66. The van der Waals surface area contributed by atoms with Gasteiger partial charge in [-0.3, -0.25) is 0 Å². The first-order chi connectivity index (χ1) is 10.2. The Bertz CT molecular complexity index is 437. The van der Waals surface area contributed by atoms with Gasteiger partial charge in [0.25, 0.3) is 0 Å². The average molecular weight is 440 g/mol. The summed E-state index contributed by atoms with van der Waals surface area (Å²) in [6.45, 7) is 12.1. The van der Waals surface area contributed by atoms with Crippen molar-refractivity contribution in [3.8, 4) is 0 Å². The molecule has 0 saturated heterocycles. The first kappa shape index (κ1) is 21.6. The molecule has 1 heterocycles. The summed E-state index contributed by atoms with van der Waals surface area (Å²) in [6, 6.07) is 0. The highest BCUT2D eigenvalue weighted by atomic mass is 127. The lowest BCUT2D eigenvalue weighted by atomic mass is 10.4. The van der Waals surface area contributed by atoms with Gasteiger partial charge in [0.15, 0.2) is 5.96 Å². The number of nitrogens with zero attached hydrogens (tertiary/aromatic N) is 2. The molecule has 2 N–H and O–H groups in total. The Kier molecular flexibility index (Phi) is 12.8. The number of halogens is 1. The summed E-state index contributed by atoms with van der Waals surface area (Å²) >= 11 is 1.71. The lowest BCUT2D eigenvalue weighted by Crippen LogP contribution is -2.39. The van der Waals surface area contributed by atoms with Crippen LogP contribution in [0.3, 0.4) is 0 Å². The number of aryl methyl sites for hydroxylation is 2. The van der Waals surface area contributed by atoms with Gasteiger partial charge in [-0.25, -0.2) is 9.98 Å². The molecule has 1 aromatic rings.